The van der Waals surface area contributed by atoms with E-state index in [0.717, 1.165) is 38.1 Å². The summed E-state index contributed by atoms with van der Waals surface area (Å²) in [6.45, 7) is 2.22. The number of halogens is 3. The Hall–Kier alpha value is -3.34. The summed E-state index contributed by atoms with van der Waals surface area (Å²) in [6, 6.07) is 20.9. The second kappa shape index (κ2) is 10.5. The van der Waals surface area contributed by atoms with Gasteiger partial charge in [0.05, 0.1) is 31.5 Å². The van der Waals surface area contributed by atoms with Gasteiger partial charge in [-0.3, -0.25) is 0 Å². The van der Waals surface area contributed by atoms with Crippen molar-refractivity contribution in [3.8, 4) is 22.9 Å². The van der Waals surface area contributed by atoms with Gasteiger partial charge >= 0.3 is 6.18 Å². The maximum Gasteiger partial charge on any atom is 0.416 e. The van der Waals surface area contributed by atoms with E-state index in [1.165, 1.54) is 12.7 Å². The van der Waals surface area contributed by atoms with Crippen LogP contribution in [0.1, 0.15) is 35.1 Å². The van der Waals surface area contributed by atoms with Gasteiger partial charge in [0, 0.05) is 5.41 Å². The molecule has 1 saturated heterocycles. The van der Waals surface area contributed by atoms with Crippen LogP contribution < -0.4 is 10.1 Å². The highest BCUT2D eigenvalue weighted by Gasteiger charge is 2.34. The van der Waals surface area contributed by atoms with Crippen molar-refractivity contribution >= 4 is 0 Å². The lowest BCUT2D eigenvalue weighted by Crippen LogP contribution is -2.43. The Morgan fingerprint density at radius 1 is 0.971 bits per heavy atom. The van der Waals surface area contributed by atoms with Gasteiger partial charge in [0.2, 0.25) is 0 Å². The Morgan fingerprint density at radius 2 is 1.71 bits per heavy atom. The number of methoxy groups -OCH3 is 1. The van der Waals surface area contributed by atoms with Crippen LogP contribution in [-0.2, 0) is 22.9 Å². The number of nitrogens with one attached hydrogen (secondary N) is 1. The fourth-order valence-corrected chi connectivity index (χ4v) is 4.65. The second-order valence-electron chi connectivity index (χ2n) is 8.83. The zero-order chi connectivity index (χ0) is 24.9. The SMILES string of the molecule is COc1cc(-c2cc(COCC3(c4ccccc4)CCNCC3)cc(C(F)(F)F)c2)ccc1C#N. The van der Waals surface area contributed by atoms with E-state index in [1.54, 1.807) is 24.3 Å². The molecule has 0 aliphatic carbocycles. The first-order valence-corrected chi connectivity index (χ1v) is 11.5. The van der Waals surface area contributed by atoms with E-state index in [-0.39, 0.29) is 12.0 Å². The zero-order valence-electron chi connectivity index (χ0n) is 19.5. The van der Waals surface area contributed by atoms with Crippen LogP contribution in [0, 0.1) is 11.3 Å². The molecule has 1 fully saturated rings. The molecule has 1 N–H and O–H groups in total. The number of ether oxygens (including phenoxy) is 2. The zero-order valence-corrected chi connectivity index (χ0v) is 19.5. The van der Waals surface area contributed by atoms with Crippen LogP contribution >= 0.6 is 0 Å². The summed E-state index contributed by atoms with van der Waals surface area (Å²) in [7, 11) is 1.43. The number of benzene rings is 3. The third-order valence-corrected chi connectivity index (χ3v) is 6.57. The number of rotatable bonds is 7. The van der Waals surface area contributed by atoms with Crippen LogP contribution in [0.25, 0.3) is 11.1 Å². The lowest BCUT2D eigenvalue weighted by molar-refractivity contribution is -0.137. The van der Waals surface area contributed by atoms with Gasteiger partial charge in [-0.2, -0.15) is 18.4 Å². The van der Waals surface area contributed by atoms with Crippen LogP contribution in [0.3, 0.4) is 0 Å². The smallest absolute Gasteiger partial charge is 0.416 e. The molecule has 4 nitrogen and oxygen atoms in total. The van der Waals surface area contributed by atoms with E-state index < -0.39 is 11.7 Å². The molecule has 1 aliphatic heterocycles. The number of nitrogens with zero attached hydrogens (tertiary/aromatic N) is 1. The quantitative estimate of drug-likeness (QED) is 0.445. The van der Waals surface area contributed by atoms with Crippen LogP contribution in [0.15, 0.2) is 66.7 Å². The van der Waals surface area contributed by atoms with Crippen LogP contribution in [0.2, 0.25) is 0 Å². The summed E-state index contributed by atoms with van der Waals surface area (Å²) in [6.07, 6.45) is -2.70. The molecule has 0 bridgehead atoms. The molecule has 1 aliphatic rings. The number of nitriles is 1. The summed E-state index contributed by atoms with van der Waals surface area (Å²) in [5.74, 6) is 0.316. The standard InChI is InChI=1S/C28H27F3N2O2/c1-34-26-16-21(7-8-22(26)17-32)23-13-20(14-25(15-23)28(29,30)31)18-35-19-27(9-11-33-12-10-27)24-5-3-2-4-6-24/h2-8,13-16,33H,9-12,18-19H2,1H3. The van der Waals surface area contributed by atoms with Gasteiger partial charge in [-0.25, -0.2) is 0 Å². The maximum atomic E-state index is 13.7. The number of hydrogen-bond donors (Lipinski definition) is 1. The second-order valence-corrected chi connectivity index (χ2v) is 8.83. The van der Waals surface area contributed by atoms with Gasteiger partial charge in [0.25, 0.3) is 0 Å². The fourth-order valence-electron chi connectivity index (χ4n) is 4.65. The minimum absolute atomic E-state index is 0.0619. The Balaban J connectivity index is 1.61. The Kier molecular flexibility index (Phi) is 7.44. The highest BCUT2D eigenvalue weighted by atomic mass is 19.4. The van der Waals surface area contributed by atoms with Gasteiger partial charge in [-0.05, 0) is 78.5 Å². The average molecular weight is 481 g/mol. The third-order valence-electron chi connectivity index (χ3n) is 6.57. The first-order valence-electron chi connectivity index (χ1n) is 11.5. The minimum Gasteiger partial charge on any atom is -0.495 e. The Bertz CT molecular complexity index is 1200. The molecular weight excluding hydrogens is 453 g/mol. The molecule has 182 valence electrons. The first kappa shape index (κ1) is 24.8. The summed E-state index contributed by atoms with van der Waals surface area (Å²) in [5.41, 5.74) is 1.97. The molecule has 7 heteroatoms. The van der Waals surface area contributed by atoms with E-state index in [2.05, 4.69) is 17.4 Å². The van der Waals surface area contributed by atoms with E-state index in [4.69, 9.17) is 9.47 Å². The molecule has 0 spiro atoms. The first-order chi connectivity index (χ1) is 16.8. The predicted molar refractivity (Wildman–Crippen MR) is 128 cm³/mol. The van der Waals surface area contributed by atoms with Crippen molar-refractivity contribution in [2.45, 2.75) is 31.0 Å². The average Bonchev–Trinajstić information content (AvgIpc) is 2.88. The monoisotopic (exact) mass is 480 g/mol. The highest BCUT2D eigenvalue weighted by Crippen LogP contribution is 2.37. The summed E-state index contributed by atoms with van der Waals surface area (Å²) >= 11 is 0. The molecule has 0 atom stereocenters. The molecule has 35 heavy (non-hydrogen) atoms. The van der Waals surface area contributed by atoms with Gasteiger partial charge in [0.1, 0.15) is 11.8 Å². The summed E-state index contributed by atoms with van der Waals surface area (Å²) in [5, 5.41) is 12.6. The maximum absolute atomic E-state index is 13.7. The highest BCUT2D eigenvalue weighted by molar-refractivity contribution is 5.69. The van der Waals surface area contributed by atoms with E-state index in [1.807, 2.05) is 24.3 Å². The molecule has 3 aromatic carbocycles. The molecule has 4 rings (SSSR count). The van der Waals surface area contributed by atoms with E-state index in [0.29, 0.717) is 34.6 Å². The number of alkyl halides is 3. The van der Waals surface area contributed by atoms with Crippen molar-refractivity contribution in [1.82, 2.24) is 5.32 Å². The third kappa shape index (κ3) is 5.67. The lowest BCUT2D eigenvalue weighted by Gasteiger charge is -2.38. The van der Waals surface area contributed by atoms with E-state index >= 15 is 0 Å². The number of piperidine rings is 1. The van der Waals surface area contributed by atoms with Crippen molar-refractivity contribution in [2.24, 2.45) is 0 Å². The van der Waals surface area contributed by atoms with Crippen molar-refractivity contribution in [3.05, 3.63) is 89.0 Å². The van der Waals surface area contributed by atoms with Crippen LogP contribution in [0.4, 0.5) is 13.2 Å². The molecule has 3 aromatic rings. The molecule has 1 heterocycles. The van der Waals surface area contributed by atoms with Crippen molar-refractivity contribution in [2.75, 3.05) is 26.8 Å². The normalized spacial score (nSPS) is 15.4. The molecule has 0 radical (unpaired) electrons. The van der Waals surface area contributed by atoms with Crippen LogP contribution in [0.5, 0.6) is 5.75 Å². The Labute approximate surface area is 203 Å². The van der Waals surface area contributed by atoms with Crippen molar-refractivity contribution < 1.29 is 22.6 Å². The predicted octanol–water partition coefficient (Wildman–Crippen LogP) is 6.09. The van der Waals surface area contributed by atoms with Crippen molar-refractivity contribution in [3.63, 3.8) is 0 Å². The van der Waals surface area contributed by atoms with Gasteiger partial charge in [0.15, 0.2) is 0 Å². The Morgan fingerprint density at radius 3 is 2.37 bits per heavy atom. The van der Waals surface area contributed by atoms with Crippen molar-refractivity contribution in [1.29, 1.82) is 5.26 Å². The molecule has 0 saturated carbocycles. The van der Waals surface area contributed by atoms with Gasteiger partial charge < -0.3 is 14.8 Å². The summed E-state index contributed by atoms with van der Waals surface area (Å²) in [4.78, 5) is 0. The minimum atomic E-state index is -4.50. The lowest BCUT2D eigenvalue weighted by atomic mass is 9.74. The molecular formula is C28H27F3N2O2. The molecule has 0 unspecified atom stereocenters. The molecule has 0 aromatic heterocycles. The topological polar surface area (TPSA) is 54.3 Å². The molecule has 0 amide bonds. The largest absolute Gasteiger partial charge is 0.495 e. The van der Waals surface area contributed by atoms with Gasteiger partial charge in [-0.1, -0.05) is 36.4 Å². The number of hydrogen-bond acceptors (Lipinski definition) is 4. The van der Waals surface area contributed by atoms with Gasteiger partial charge in [-0.15, -0.1) is 0 Å². The van der Waals surface area contributed by atoms with E-state index in [9.17, 15) is 18.4 Å². The van der Waals surface area contributed by atoms with Crippen LogP contribution in [-0.4, -0.2) is 26.8 Å². The summed E-state index contributed by atoms with van der Waals surface area (Å²) < 4.78 is 52.5. The fraction of sp³-hybridized carbons (Fsp3) is 0.321.